The van der Waals surface area contributed by atoms with Gasteiger partial charge in [-0.25, -0.2) is 39.9 Å². The number of para-hydroxylation sites is 7. The number of hydrogen-bond acceptors (Lipinski definition) is 10. The summed E-state index contributed by atoms with van der Waals surface area (Å²) in [6.45, 7) is 0. The molecule has 0 saturated carbocycles. The van der Waals surface area contributed by atoms with Gasteiger partial charge in [-0.05, 0) is 129 Å². The van der Waals surface area contributed by atoms with Crippen molar-refractivity contribution in [3.8, 4) is 146 Å². The van der Waals surface area contributed by atoms with E-state index < -0.39 is 0 Å². The normalized spacial score (nSPS) is 12.0. The average molecular weight is 1410 g/mol. The van der Waals surface area contributed by atoms with Crippen LogP contribution in [0.15, 0.2) is 376 Å². The van der Waals surface area contributed by atoms with E-state index in [0.29, 0.717) is 34.9 Å². The number of aromatic nitrogens is 10. The Bertz CT molecular complexity index is 6780. The molecule has 12 nitrogen and oxygen atoms in total. The van der Waals surface area contributed by atoms with Gasteiger partial charge < -0.3 is 0 Å². The number of benzene rings is 15. The topological polar surface area (TPSA) is 119 Å². The highest BCUT2D eigenvalue weighted by Gasteiger charge is 2.32. The SMILES string of the molecule is c1ccc(-c2ccc(-c3nc(-c4ccc(-c5ccc(-c6ccc7c(c6)-c6ccccc6-n6c(nc8ccccc86)N7c6cccc(-c7nc(-c8ccccc8)nc(-c8cccc(-c9ccccc9)c8)n7)c6)cc5)cc4)nc(-c4cccc(N5c6ccccc6-c6ccccc6-n6c5nc5ccccc56)c4)n3)cc2)cc1. The lowest BCUT2D eigenvalue weighted by Crippen LogP contribution is -2.14. The van der Waals surface area contributed by atoms with Crippen LogP contribution in [0, 0.1) is 0 Å². The second-order valence-corrected chi connectivity index (χ2v) is 27.6. The first-order valence-corrected chi connectivity index (χ1v) is 36.8. The van der Waals surface area contributed by atoms with Crippen LogP contribution in [0.4, 0.5) is 34.6 Å². The van der Waals surface area contributed by atoms with E-state index in [0.717, 1.165) is 168 Å². The van der Waals surface area contributed by atoms with Gasteiger partial charge in [0.05, 0.1) is 44.8 Å². The van der Waals surface area contributed by atoms with Gasteiger partial charge in [0.2, 0.25) is 11.9 Å². The van der Waals surface area contributed by atoms with Gasteiger partial charge in [-0.3, -0.25) is 18.9 Å². The van der Waals surface area contributed by atoms with Crippen LogP contribution in [0.1, 0.15) is 0 Å². The molecule has 2 aliphatic heterocycles. The molecule has 19 aromatic rings. The summed E-state index contributed by atoms with van der Waals surface area (Å²) in [5.74, 6) is 4.95. The van der Waals surface area contributed by atoms with Crippen molar-refractivity contribution in [3.05, 3.63) is 376 Å². The molecule has 0 atom stereocenters. The average Bonchev–Trinajstić information content (AvgIpc) is 1.57. The Labute approximate surface area is 634 Å². The number of nitrogens with zero attached hydrogens (tertiary/aromatic N) is 12. The van der Waals surface area contributed by atoms with Crippen LogP contribution in [-0.2, 0) is 0 Å². The first-order chi connectivity index (χ1) is 54.5. The summed E-state index contributed by atoms with van der Waals surface area (Å²) in [5, 5.41) is 0. The van der Waals surface area contributed by atoms with Crippen molar-refractivity contribution in [2.45, 2.75) is 0 Å². The van der Waals surface area contributed by atoms with Crippen molar-refractivity contribution < 1.29 is 0 Å². The van der Waals surface area contributed by atoms with E-state index in [1.165, 1.54) is 0 Å². The van der Waals surface area contributed by atoms with E-state index >= 15 is 0 Å². The van der Waals surface area contributed by atoms with Crippen LogP contribution in [0.5, 0.6) is 0 Å². The van der Waals surface area contributed by atoms with Crippen molar-refractivity contribution in [1.82, 2.24) is 49.0 Å². The Morgan fingerprint density at radius 3 is 0.918 bits per heavy atom. The largest absolute Gasteiger partial charge is 0.280 e. The summed E-state index contributed by atoms with van der Waals surface area (Å²) in [5.41, 5.74) is 28.0. The molecule has 0 unspecified atom stereocenters. The fraction of sp³-hybridized carbons (Fsp3) is 0. The Kier molecular flexibility index (Phi) is 15.2. The zero-order valence-electron chi connectivity index (χ0n) is 59.2. The van der Waals surface area contributed by atoms with Gasteiger partial charge >= 0.3 is 0 Å². The minimum absolute atomic E-state index is 0.547. The van der Waals surface area contributed by atoms with E-state index in [1.807, 2.05) is 48.5 Å². The molecule has 4 aromatic heterocycles. The second kappa shape index (κ2) is 26.5. The summed E-state index contributed by atoms with van der Waals surface area (Å²) in [6.07, 6.45) is 0. The third kappa shape index (κ3) is 11.2. The fourth-order valence-electron chi connectivity index (χ4n) is 15.6. The van der Waals surface area contributed by atoms with Crippen LogP contribution in [0.25, 0.3) is 169 Å². The minimum atomic E-state index is 0.547. The van der Waals surface area contributed by atoms with Gasteiger partial charge in [0, 0.05) is 67.0 Å². The molecule has 110 heavy (non-hydrogen) atoms. The number of rotatable bonds is 12. The van der Waals surface area contributed by atoms with E-state index in [9.17, 15) is 0 Å². The first-order valence-electron chi connectivity index (χ1n) is 36.8. The Morgan fingerprint density at radius 2 is 0.445 bits per heavy atom. The zero-order chi connectivity index (χ0) is 72.6. The summed E-state index contributed by atoms with van der Waals surface area (Å²) in [7, 11) is 0. The molecular formula is C98H62N12. The Morgan fingerprint density at radius 1 is 0.164 bits per heavy atom. The molecule has 2 aliphatic rings. The Balaban J connectivity index is 0.629. The number of hydrogen-bond donors (Lipinski definition) is 0. The molecule has 12 heteroatoms. The van der Waals surface area contributed by atoms with Crippen LogP contribution in [0.3, 0.4) is 0 Å². The fourth-order valence-corrected chi connectivity index (χ4v) is 15.6. The number of anilines is 6. The first kappa shape index (κ1) is 63.3. The van der Waals surface area contributed by atoms with Crippen molar-refractivity contribution in [3.63, 3.8) is 0 Å². The minimum Gasteiger partial charge on any atom is -0.280 e. The predicted molar refractivity (Wildman–Crippen MR) is 444 cm³/mol. The molecular weight excluding hydrogens is 1350 g/mol. The lowest BCUT2D eigenvalue weighted by atomic mass is 9.94. The predicted octanol–water partition coefficient (Wildman–Crippen LogP) is 24.3. The highest BCUT2D eigenvalue weighted by molar-refractivity contribution is 6.00. The van der Waals surface area contributed by atoms with Crippen LogP contribution >= 0.6 is 0 Å². The maximum atomic E-state index is 5.47. The van der Waals surface area contributed by atoms with Crippen molar-refractivity contribution in [1.29, 1.82) is 0 Å². The standard InChI is InChI=1S/C98H62N12/c1-4-23-63(24-5-1)65-49-53-70(54-50-65)92-101-93(105-95(104-92)75-31-21-33-77(60-75)107-85-40-15-10-35-79(85)80-36-11-16-41-86(80)109-89-43-18-13-38-83(89)99-97(107)109)71-55-51-67(52-56-71)66-45-47-68(48-46-66)73-57-58-88-82(62-73)81-37-12-17-42-87(81)110-90-44-19-14-39-84(90)100-98(110)108(88)78-34-22-32-76(61-78)96-103-91(69-27-8-3-9-28-69)102-94(106-96)74-30-20-29-72(59-74)64-25-6-2-7-26-64/h1-62H. The molecule has 514 valence electrons. The van der Waals surface area contributed by atoms with Gasteiger partial charge in [0.1, 0.15) is 0 Å². The van der Waals surface area contributed by atoms with Crippen molar-refractivity contribution >= 4 is 56.7 Å². The summed E-state index contributed by atoms with van der Waals surface area (Å²) < 4.78 is 4.57. The third-order valence-electron chi connectivity index (χ3n) is 20.9. The molecule has 0 radical (unpaired) electrons. The van der Waals surface area contributed by atoms with E-state index in [4.69, 9.17) is 39.9 Å². The number of fused-ring (bicyclic) bond motifs is 14. The summed E-state index contributed by atoms with van der Waals surface area (Å²) in [4.78, 5) is 46.9. The lowest BCUT2D eigenvalue weighted by Gasteiger charge is -2.25. The third-order valence-corrected chi connectivity index (χ3v) is 20.9. The monoisotopic (exact) mass is 1410 g/mol. The smallest absolute Gasteiger partial charge is 0.220 e. The van der Waals surface area contributed by atoms with Crippen LogP contribution in [-0.4, -0.2) is 49.0 Å². The molecule has 0 saturated heterocycles. The molecule has 0 bridgehead atoms. The van der Waals surface area contributed by atoms with Crippen molar-refractivity contribution in [2.75, 3.05) is 9.80 Å². The lowest BCUT2D eigenvalue weighted by molar-refractivity contribution is 1.05. The van der Waals surface area contributed by atoms with Crippen LogP contribution in [0.2, 0.25) is 0 Å². The molecule has 6 heterocycles. The molecule has 21 rings (SSSR count). The summed E-state index contributed by atoms with van der Waals surface area (Å²) >= 11 is 0. The van der Waals surface area contributed by atoms with Gasteiger partial charge in [0.15, 0.2) is 34.9 Å². The van der Waals surface area contributed by atoms with Crippen molar-refractivity contribution in [2.24, 2.45) is 0 Å². The molecule has 0 spiro atoms. The van der Waals surface area contributed by atoms with Gasteiger partial charge in [0.25, 0.3) is 0 Å². The summed E-state index contributed by atoms with van der Waals surface area (Å²) in [6, 6.07) is 132. The molecule has 0 N–H and O–H groups in total. The quantitative estimate of drug-likeness (QED) is 0.117. The highest BCUT2D eigenvalue weighted by Crippen LogP contribution is 2.51. The molecule has 15 aromatic carbocycles. The maximum Gasteiger partial charge on any atom is 0.220 e. The molecule has 0 amide bonds. The van der Waals surface area contributed by atoms with Gasteiger partial charge in [-0.1, -0.05) is 291 Å². The molecule has 0 fully saturated rings. The Hall–Kier alpha value is -15.1. The number of imidazole rings is 2. The zero-order valence-corrected chi connectivity index (χ0v) is 59.2. The van der Waals surface area contributed by atoms with E-state index in [-0.39, 0.29) is 0 Å². The van der Waals surface area contributed by atoms with E-state index in [2.05, 4.69) is 347 Å². The van der Waals surface area contributed by atoms with Gasteiger partial charge in [-0.15, -0.1) is 0 Å². The van der Waals surface area contributed by atoms with E-state index in [1.54, 1.807) is 0 Å². The second-order valence-electron chi connectivity index (χ2n) is 27.6. The molecule has 0 aliphatic carbocycles. The highest BCUT2D eigenvalue weighted by atomic mass is 15.3. The maximum absolute atomic E-state index is 5.47. The van der Waals surface area contributed by atoms with Gasteiger partial charge in [-0.2, -0.15) is 0 Å². The van der Waals surface area contributed by atoms with Crippen LogP contribution < -0.4 is 9.80 Å².